The SMILES string of the molecule is CCOC(=O)c1cccc(N=C2SC(=Cc3ccc(OCC(=O)N4CCOCC4)c(OC)c3)C(=O)N2C)c1. The van der Waals surface area contributed by atoms with Crippen molar-refractivity contribution in [2.75, 3.05) is 53.7 Å². The zero-order valence-corrected chi connectivity index (χ0v) is 22.3. The second-order valence-corrected chi connectivity index (χ2v) is 9.34. The fourth-order valence-electron chi connectivity index (χ4n) is 3.77. The van der Waals surface area contributed by atoms with Gasteiger partial charge in [0.05, 0.1) is 43.1 Å². The average Bonchev–Trinajstić information content (AvgIpc) is 3.20. The van der Waals surface area contributed by atoms with E-state index in [0.29, 0.717) is 59.1 Å². The van der Waals surface area contributed by atoms with Crippen molar-refractivity contribution in [3.05, 3.63) is 58.5 Å². The summed E-state index contributed by atoms with van der Waals surface area (Å²) < 4.78 is 21.5. The van der Waals surface area contributed by atoms with Crippen LogP contribution in [0.2, 0.25) is 0 Å². The number of aliphatic imine (C=N–C) groups is 1. The van der Waals surface area contributed by atoms with Gasteiger partial charge in [-0.05, 0) is 60.7 Å². The first kappa shape index (κ1) is 27.2. The molecule has 2 aliphatic rings. The lowest BCUT2D eigenvalue weighted by Gasteiger charge is -2.26. The van der Waals surface area contributed by atoms with Crippen molar-refractivity contribution in [3.63, 3.8) is 0 Å². The Kier molecular flexibility index (Phi) is 9.03. The normalized spacial score (nSPS) is 17.7. The summed E-state index contributed by atoms with van der Waals surface area (Å²) in [6.07, 6.45) is 1.74. The van der Waals surface area contributed by atoms with E-state index < -0.39 is 5.97 Å². The molecule has 2 saturated heterocycles. The summed E-state index contributed by atoms with van der Waals surface area (Å²) in [5.74, 6) is 0.137. The van der Waals surface area contributed by atoms with Crippen molar-refractivity contribution in [3.8, 4) is 11.5 Å². The number of thioether (sulfide) groups is 1. The second kappa shape index (κ2) is 12.6. The van der Waals surface area contributed by atoms with Crippen LogP contribution in [-0.4, -0.2) is 86.4 Å². The lowest BCUT2D eigenvalue weighted by molar-refractivity contribution is -0.137. The fourth-order valence-corrected chi connectivity index (χ4v) is 4.75. The van der Waals surface area contributed by atoms with Crippen molar-refractivity contribution >= 4 is 46.5 Å². The van der Waals surface area contributed by atoms with Crippen LogP contribution in [0.3, 0.4) is 0 Å². The van der Waals surface area contributed by atoms with Gasteiger partial charge in [0.1, 0.15) is 0 Å². The van der Waals surface area contributed by atoms with Crippen LogP contribution < -0.4 is 9.47 Å². The Morgan fingerprint density at radius 1 is 1.13 bits per heavy atom. The predicted octanol–water partition coefficient (Wildman–Crippen LogP) is 3.34. The van der Waals surface area contributed by atoms with E-state index in [9.17, 15) is 14.4 Å². The number of ether oxygens (including phenoxy) is 4. The Morgan fingerprint density at radius 3 is 2.66 bits per heavy atom. The Labute approximate surface area is 225 Å². The summed E-state index contributed by atoms with van der Waals surface area (Å²) in [5.41, 5.74) is 1.65. The van der Waals surface area contributed by atoms with E-state index in [0.717, 1.165) is 5.56 Å². The summed E-state index contributed by atoms with van der Waals surface area (Å²) in [7, 11) is 3.16. The molecular weight excluding hydrogens is 510 g/mol. The van der Waals surface area contributed by atoms with Gasteiger partial charge >= 0.3 is 5.97 Å². The van der Waals surface area contributed by atoms with E-state index in [-0.39, 0.29) is 25.0 Å². The van der Waals surface area contributed by atoms with Crippen LogP contribution in [0.5, 0.6) is 11.5 Å². The largest absolute Gasteiger partial charge is 0.493 e. The minimum atomic E-state index is -0.425. The molecule has 2 aromatic carbocycles. The molecule has 0 bridgehead atoms. The number of likely N-dealkylation sites (N-methyl/N-ethyl adjacent to an activating group) is 1. The topological polar surface area (TPSA) is 107 Å². The summed E-state index contributed by atoms with van der Waals surface area (Å²) in [6, 6.07) is 12.0. The van der Waals surface area contributed by atoms with Crippen LogP contribution in [0.1, 0.15) is 22.8 Å². The molecule has 10 nitrogen and oxygen atoms in total. The molecule has 2 amide bonds. The van der Waals surface area contributed by atoms with Crippen LogP contribution in [0.4, 0.5) is 5.69 Å². The highest BCUT2D eigenvalue weighted by Gasteiger charge is 2.30. The molecule has 2 fully saturated rings. The van der Waals surface area contributed by atoms with E-state index in [2.05, 4.69) is 4.99 Å². The molecule has 11 heteroatoms. The van der Waals surface area contributed by atoms with Gasteiger partial charge in [0.25, 0.3) is 11.8 Å². The Bertz CT molecular complexity index is 1270. The maximum Gasteiger partial charge on any atom is 0.338 e. The number of carbonyl (C=O) groups is 3. The van der Waals surface area contributed by atoms with Crippen molar-refractivity contribution in [1.82, 2.24) is 9.80 Å². The molecular formula is C27H29N3O7S. The average molecular weight is 540 g/mol. The summed E-state index contributed by atoms with van der Waals surface area (Å²) >= 11 is 1.23. The van der Waals surface area contributed by atoms with E-state index in [1.54, 1.807) is 67.4 Å². The molecule has 2 aliphatic heterocycles. The minimum absolute atomic E-state index is 0.104. The number of methoxy groups -OCH3 is 1. The van der Waals surface area contributed by atoms with Gasteiger partial charge in [0, 0.05) is 20.1 Å². The van der Waals surface area contributed by atoms with Gasteiger partial charge in [-0.2, -0.15) is 0 Å². The highest BCUT2D eigenvalue weighted by Crippen LogP contribution is 2.35. The number of carbonyl (C=O) groups excluding carboxylic acids is 3. The maximum absolute atomic E-state index is 12.9. The van der Waals surface area contributed by atoms with Gasteiger partial charge in [0.15, 0.2) is 23.3 Å². The fraction of sp³-hybridized carbons (Fsp3) is 0.333. The number of rotatable bonds is 8. The Morgan fingerprint density at radius 2 is 1.92 bits per heavy atom. The molecule has 0 radical (unpaired) electrons. The number of hydrogen-bond acceptors (Lipinski definition) is 9. The summed E-state index contributed by atoms with van der Waals surface area (Å²) in [4.78, 5) is 45.5. The predicted molar refractivity (Wildman–Crippen MR) is 144 cm³/mol. The molecule has 0 unspecified atom stereocenters. The van der Waals surface area contributed by atoms with Crippen molar-refractivity contribution in [1.29, 1.82) is 0 Å². The zero-order valence-electron chi connectivity index (χ0n) is 21.5. The number of hydrogen-bond donors (Lipinski definition) is 0. The molecule has 200 valence electrons. The van der Waals surface area contributed by atoms with Gasteiger partial charge in [-0.25, -0.2) is 9.79 Å². The van der Waals surface area contributed by atoms with E-state index >= 15 is 0 Å². The van der Waals surface area contributed by atoms with E-state index in [4.69, 9.17) is 18.9 Å². The van der Waals surface area contributed by atoms with Crippen LogP contribution in [0.15, 0.2) is 52.4 Å². The lowest BCUT2D eigenvalue weighted by Crippen LogP contribution is -2.43. The number of amidine groups is 1. The van der Waals surface area contributed by atoms with Crippen molar-refractivity contribution in [2.24, 2.45) is 4.99 Å². The third-order valence-electron chi connectivity index (χ3n) is 5.79. The first-order valence-electron chi connectivity index (χ1n) is 12.1. The summed E-state index contributed by atoms with van der Waals surface area (Å²) in [6.45, 7) is 4.07. The lowest BCUT2D eigenvalue weighted by atomic mass is 10.2. The maximum atomic E-state index is 12.9. The summed E-state index contributed by atoms with van der Waals surface area (Å²) in [5, 5.41) is 0.482. The molecule has 2 heterocycles. The van der Waals surface area contributed by atoms with Crippen molar-refractivity contribution in [2.45, 2.75) is 6.92 Å². The molecule has 4 rings (SSSR count). The van der Waals surface area contributed by atoms with Gasteiger partial charge in [-0.3, -0.25) is 14.5 Å². The van der Waals surface area contributed by atoms with E-state index in [1.807, 2.05) is 0 Å². The first-order valence-corrected chi connectivity index (χ1v) is 12.9. The molecule has 0 spiro atoms. The van der Waals surface area contributed by atoms with Crippen LogP contribution in [-0.2, 0) is 19.1 Å². The van der Waals surface area contributed by atoms with Crippen LogP contribution >= 0.6 is 11.8 Å². The van der Waals surface area contributed by atoms with Gasteiger partial charge in [0.2, 0.25) is 0 Å². The molecule has 0 aliphatic carbocycles. The molecule has 38 heavy (non-hydrogen) atoms. The standard InChI is InChI=1S/C27H29N3O7S/c1-4-36-26(33)19-6-5-7-20(16-19)28-27-29(2)25(32)23(38-27)15-18-8-9-21(22(14-18)34-3)37-17-24(31)30-10-12-35-13-11-30/h5-9,14-16H,4,10-13,17H2,1-3H3. The molecule has 0 aromatic heterocycles. The van der Waals surface area contributed by atoms with Crippen molar-refractivity contribution < 1.29 is 33.3 Å². The minimum Gasteiger partial charge on any atom is -0.493 e. The highest BCUT2D eigenvalue weighted by atomic mass is 32.2. The molecule has 2 aromatic rings. The number of nitrogens with zero attached hydrogens (tertiary/aromatic N) is 3. The third-order valence-corrected chi connectivity index (χ3v) is 6.85. The highest BCUT2D eigenvalue weighted by molar-refractivity contribution is 8.18. The third kappa shape index (κ3) is 6.53. The Hall–Kier alpha value is -3.83. The van der Waals surface area contributed by atoms with Gasteiger partial charge in [-0.1, -0.05) is 12.1 Å². The van der Waals surface area contributed by atoms with E-state index in [1.165, 1.54) is 23.8 Å². The molecule has 0 N–H and O–H groups in total. The van der Waals surface area contributed by atoms with Crippen LogP contribution in [0.25, 0.3) is 6.08 Å². The molecule has 0 atom stereocenters. The quantitative estimate of drug-likeness (QED) is 0.371. The second-order valence-electron chi connectivity index (χ2n) is 8.33. The number of benzene rings is 2. The number of morpholine rings is 1. The Balaban J connectivity index is 1.47. The molecule has 0 saturated carbocycles. The smallest absolute Gasteiger partial charge is 0.338 e. The number of amides is 2. The monoisotopic (exact) mass is 539 g/mol. The number of esters is 1. The first-order chi connectivity index (χ1) is 18.4. The van der Waals surface area contributed by atoms with Crippen LogP contribution in [0, 0.1) is 0 Å². The van der Waals surface area contributed by atoms with Gasteiger partial charge < -0.3 is 23.8 Å². The zero-order chi connectivity index (χ0) is 27.1. The van der Waals surface area contributed by atoms with Gasteiger partial charge in [-0.15, -0.1) is 0 Å².